The van der Waals surface area contributed by atoms with E-state index in [2.05, 4.69) is 81.1 Å². The Kier molecular flexibility index (Phi) is 6.88. The molecule has 1 saturated heterocycles. The maximum Gasteiger partial charge on any atom is 0.204 e. The van der Waals surface area contributed by atoms with Gasteiger partial charge >= 0.3 is 0 Å². The van der Waals surface area contributed by atoms with Crippen LogP contribution >= 0.6 is 12.2 Å². The van der Waals surface area contributed by atoms with E-state index in [4.69, 9.17) is 17.3 Å². The zero-order valence-electron chi connectivity index (χ0n) is 19.7. The third-order valence-corrected chi connectivity index (χ3v) is 8.23. The van der Waals surface area contributed by atoms with Gasteiger partial charge in [-0.15, -0.1) is 5.10 Å². The predicted octanol–water partition coefficient (Wildman–Crippen LogP) is 4.79. The first-order valence-electron chi connectivity index (χ1n) is 11.4. The lowest BCUT2D eigenvalue weighted by atomic mass is 10.1. The van der Waals surface area contributed by atoms with Gasteiger partial charge in [-0.1, -0.05) is 61.4 Å². The standard InChI is InChI=1S/C25H32N4O2S2/c1-18(2)15-27(23-13-14-33(30,31)16-23)17-28-25(32)29(22-11-7-20(4)8-12-22)24(26-28)21-9-5-19(3)6-10-21/h5-12,18,23H,13-17H2,1-4H3. The smallest absolute Gasteiger partial charge is 0.204 e. The fraction of sp³-hybridized carbons (Fsp3) is 0.440. The van der Waals surface area contributed by atoms with Gasteiger partial charge in [0.05, 0.1) is 18.2 Å². The van der Waals surface area contributed by atoms with Crippen molar-refractivity contribution in [1.82, 2.24) is 19.2 Å². The largest absolute Gasteiger partial charge is 0.280 e. The van der Waals surface area contributed by atoms with Crippen LogP contribution in [0.2, 0.25) is 0 Å². The van der Waals surface area contributed by atoms with Crippen molar-refractivity contribution in [3.05, 3.63) is 64.4 Å². The quantitative estimate of drug-likeness (QED) is 0.451. The lowest BCUT2D eigenvalue weighted by Crippen LogP contribution is -2.40. The van der Waals surface area contributed by atoms with Crippen molar-refractivity contribution < 1.29 is 8.42 Å². The number of benzene rings is 2. The lowest BCUT2D eigenvalue weighted by molar-refractivity contribution is 0.137. The predicted molar refractivity (Wildman–Crippen MR) is 136 cm³/mol. The average Bonchev–Trinajstić information content (AvgIpc) is 3.28. The van der Waals surface area contributed by atoms with Gasteiger partial charge in [-0.2, -0.15) is 0 Å². The Hall–Kier alpha value is -2.29. The molecule has 0 aliphatic carbocycles. The second-order valence-electron chi connectivity index (χ2n) is 9.51. The van der Waals surface area contributed by atoms with Crippen LogP contribution in [0.1, 0.15) is 31.4 Å². The number of aromatic nitrogens is 3. The van der Waals surface area contributed by atoms with Gasteiger partial charge in [-0.05, 0) is 50.5 Å². The Balaban J connectivity index is 1.77. The first kappa shape index (κ1) is 23.9. The highest BCUT2D eigenvalue weighted by Crippen LogP contribution is 2.25. The summed E-state index contributed by atoms with van der Waals surface area (Å²) >= 11 is 5.92. The van der Waals surface area contributed by atoms with E-state index < -0.39 is 9.84 Å². The summed E-state index contributed by atoms with van der Waals surface area (Å²) in [4.78, 5) is 2.23. The van der Waals surface area contributed by atoms with Gasteiger partial charge in [0.2, 0.25) is 4.77 Å². The molecule has 2 heterocycles. The molecule has 0 N–H and O–H groups in total. The zero-order valence-corrected chi connectivity index (χ0v) is 21.4. The molecule has 4 rings (SSSR count). The molecule has 1 aliphatic heterocycles. The minimum absolute atomic E-state index is 0.00773. The van der Waals surface area contributed by atoms with E-state index in [-0.39, 0.29) is 17.5 Å². The second kappa shape index (κ2) is 9.52. The topological polar surface area (TPSA) is 60.1 Å². The number of nitrogens with zero attached hydrogens (tertiary/aromatic N) is 4. The van der Waals surface area contributed by atoms with E-state index in [0.29, 0.717) is 23.8 Å². The van der Waals surface area contributed by atoms with Crippen LogP contribution < -0.4 is 0 Å². The average molecular weight is 485 g/mol. The highest BCUT2D eigenvalue weighted by molar-refractivity contribution is 7.91. The SMILES string of the molecule is Cc1ccc(-c2nn(CN(CC(C)C)C3CCS(=O)(=O)C3)c(=S)n2-c2ccc(C)cc2)cc1. The molecule has 33 heavy (non-hydrogen) atoms. The van der Waals surface area contributed by atoms with Crippen LogP contribution in [-0.2, 0) is 16.5 Å². The third-order valence-electron chi connectivity index (χ3n) is 6.08. The molecular formula is C25H32N4O2S2. The summed E-state index contributed by atoms with van der Waals surface area (Å²) in [5.41, 5.74) is 4.32. The summed E-state index contributed by atoms with van der Waals surface area (Å²) in [6.07, 6.45) is 0.659. The zero-order chi connectivity index (χ0) is 23.8. The van der Waals surface area contributed by atoms with Crippen molar-refractivity contribution >= 4 is 22.1 Å². The van der Waals surface area contributed by atoms with Crippen LogP contribution in [0, 0.1) is 24.5 Å². The van der Waals surface area contributed by atoms with Crippen molar-refractivity contribution in [3.8, 4) is 17.1 Å². The molecule has 0 spiro atoms. The third kappa shape index (κ3) is 5.45. The Labute approximate surface area is 201 Å². The molecule has 0 radical (unpaired) electrons. The molecule has 1 unspecified atom stereocenters. The fourth-order valence-corrected chi connectivity index (χ4v) is 6.39. The van der Waals surface area contributed by atoms with E-state index in [1.165, 1.54) is 11.1 Å². The first-order chi connectivity index (χ1) is 15.6. The Bertz CT molecular complexity index is 1270. The van der Waals surface area contributed by atoms with Gasteiger partial charge in [-0.25, -0.2) is 13.1 Å². The normalized spacial score (nSPS) is 17.8. The molecular weight excluding hydrogens is 452 g/mol. The fourth-order valence-electron chi connectivity index (χ4n) is 4.34. The van der Waals surface area contributed by atoms with Crippen LogP contribution in [0.15, 0.2) is 48.5 Å². The van der Waals surface area contributed by atoms with Crippen LogP contribution in [0.25, 0.3) is 17.1 Å². The molecule has 1 atom stereocenters. The maximum absolute atomic E-state index is 12.2. The van der Waals surface area contributed by atoms with Crippen LogP contribution in [-0.4, -0.2) is 51.8 Å². The highest BCUT2D eigenvalue weighted by atomic mass is 32.2. The van der Waals surface area contributed by atoms with Gasteiger partial charge in [0.1, 0.15) is 0 Å². The molecule has 6 nitrogen and oxygen atoms in total. The summed E-state index contributed by atoms with van der Waals surface area (Å²) in [5, 5.41) is 4.95. The summed E-state index contributed by atoms with van der Waals surface area (Å²) in [7, 11) is -2.98. The first-order valence-corrected chi connectivity index (χ1v) is 13.6. The number of rotatable bonds is 7. The molecule has 0 bridgehead atoms. The minimum atomic E-state index is -2.98. The molecule has 0 saturated carbocycles. The summed E-state index contributed by atoms with van der Waals surface area (Å²) in [6, 6.07) is 16.5. The van der Waals surface area contributed by atoms with Gasteiger partial charge in [-0.3, -0.25) is 9.47 Å². The summed E-state index contributed by atoms with van der Waals surface area (Å²) < 4.78 is 28.8. The van der Waals surface area contributed by atoms with E-state index in [1.54, 1.807) is 0 Å². The summed E-state index contributed by atoms with van der Waals surface area (Å²) in [5.74, 6) is 1.64. The van der Waals surface area contributed by atoms with Crippen molar-refractivity contribution in [2.75, 3.05) is 18.1 Å². The number of sulfone groups is 1. The van der Waals surface area contributed by atoms with Gasteiger partial charge in [0.15, 0.2) is 15.7 Å². The van der Waals surface area contributed by atoms with E-state index >= 15 is 0 Å². The van der Waals surface area contributed by atoms with E-state index in [1.807, 2.05) is 9.25 Å². The Morgan fingerprint density at radius 3 is 2.21 bits per heavy atom. The second-order valence-corrected chi connectivity index (χ2v) is 12.1. The van der Waals surface area contributed by atoms with Crippen LogP contribution in [0.3, 0.4) is 0 Å². The monoisotopic (exact) mass is 484 g/mol. The Morgan fingerprint density at radius 2 is 1.67 bits per heavy atom. The van der Waals surface area contributed by atoms with Gasteiger partial charge in [0, 0.05) is 23.8 Å². The molecule has 1 aliphatic rings. The van der Waals surface area contributed by atoms with Crippen molar-refractivity contribution in [2.45, 2.75) is 46.8 Å². The van der Waals surface area contributed by atoms with E-state index in [9.17, 15) is 8.42 Å². The molecule has 3 aromatic rings. The number of hydrogen-bond donors (Lipinski definition) is 0. The molecule has 0 amide bonds. The van der Waals surface area contributed by atoms with Crippen molar-refractivity contribution in [1.29, 1.82) is 0 Å². The van der Waals surface area contributed by atoms with E-state index in [0.717, 1.165) is 23.6 Å². The minimum Gasteiger partial charge on any atom is -0.280 e. The van der Waals surface area contributed by atoms with Crippen LogP contribution in [0.5, 0.6) is 0 Å². The molecule has 8 heteroatoms. The maximum atomic E-state index is 12.2. The Morgan fingerprint density at radius 1 is 1.06 bits per heavy atom. The van der Waals surface area contributed by atoms with Crippen molar-refractivity contribution in [2.24, 2.45) is 5.92 Å². The van der Waals surface area contributed by atoms with Gasteiger partial charge in [0.25, 0.3) is 0 Å². The van der Waals surface area contributed by atoms with Crippen LogP contribution in [0.4, 0.5) is 0 Å². The van der Waals surface area contributed by atoms with Crippen molar-refractivity contribution in [3.63, 3.8) is 0 Å². The number of hydrogen-bond acceptors (Lipinski definition) is 5. The number of aryl methyl sites for hydroxylation is 2. The lowest BCUT2D eigenvalue weighted by Gasteiger charge is -2.29. The molecule has 1 fully saturated rings. The summed E-state index contributed by atoms with van der Waals surface area (Å²) in [6.45, 7) is 9.69. The highest BCUT2D eigenvalue weighted by Gasteiger charge is 2.33. The molecule has 176 valence electrons. The molecule has 2 aromatic carbocycles. The molecule has 1 aromatic heterocycles. The van der Waals surface area contributed by atoms with Gasteiger partial charge < -0.3 is 0 Å².